The van der Waals surface area contributed by atoms with Crippen molar-refractivity contribution in [3.8, 4) is 0 Å². The summed E-state index contributed by atoms with van der Waals surface area (Å²) in [5.41, 5.74) is 1.99. The Morgan fingerprint density at radius 3 is 2.81 bits per heavy atom. The minimum Gasteiger partial charge on any atom is -0.394 e. The molecule has 1 unspecified atom stereocenters. The molecule has 2 rings (SSSR count). The Bertz CT molecular complexity index is 807. The first kappa shape index (κ1) is 20.2. The first-order valence-corrected chi connectivity index (χ1v) is 8.21. The molecule has 0 aliphatic rings. The number of hydroxylamine groups is 1. The molecule has 140 valence electrons. The maximum atomic E-state index is 14.3. The van der Waals surface area contributed by atoms with E-state index < -0.39 is 35.9 Å². The van der Waals surface area contributed by atoms with Crippen molar-refractivity contribution >= 4 is 33.3 Å². The molecule has 1 aromatic heterocycles. The summed E-state index contributed by atoms with van der Waals surface area (Å²) in [4.78, 5) is 21.0. The second kappa shape index (κ2) is 8.99. The zero-order valence-corrected chi connectivity index (χ0v) is 15.2. The molecule has 0 aliphatic heterocycles. The Kier molecular flexibility index (Phi) is 6.98. The van der Waals surface area contributed by atoms with Crippen molar-refractivity contribution in [2.75, 3.05) is 18.5 Å². The van der Waals surface area contributed by atoms with Gasteiger partial charge in [0.25, 0.3) is 5.91 Å². The van der Waals surface area contributed by atoms with Crippen molar-refractivity contribution in [3.63, 3.8) is 0 Å². The van der Waals surface area contributed by atoms with E-state index in [1.54, 1.807) is 13.0 Å². The fourth-order valence-electron chi connectivity index (χ4n) is 1.96. The van der Waals surface area contributed by atoms with Crippen LogP contribution in [0.5, 0.6) is 0 Å². The van der Waals surface area contributed by atoms with Crippen LogP contribution in [0.1, 0.15) is 15.9 Å². The highest BCUT2D eigenvalue weighted by molar-refractivity contribution is 9.10. The number of rotatable bonds is 7. The highest BCUT2D eigenvalue weighted by Crippen LogP contribution is 2.28. The molecule has 0 spiro atoms. The Balaban J connectivity index is 2.27. The molecule has 0 radical (unpaired) electrons. The van der Waals surface area contributed by atoms with Gasteiger partial charge in [0.1, 0.15) is 18.5 Å². The van der Waals surface area contributed by atoms with Gasteiger partial charge < -0.3 is 15.5 Å². The molecule has 10 heteroatoms. The van der Waals surface area contributed by atoms with Gasteiger partial charge in [-0.3, -0.25) is 9.63 Å². The standard InChI is InChI=1S/C16H16BrF2N3O4/c1-8-4-9(17)5-20-15(8)21-14-11(2-3-12(18)13(14)19)16(25)22-26-7-10(24)6-23/h2-5,10,23-24H,6-7H2,1H3,(H,20,21)(H,22,25). The van der Waals surface area contributed by atoms with E-state index in [2.05, 4.69) is 26.2 Å². The first-order chi connectivity index (χ1) is 12.3. The molecule has 2 aromatic rings. The maximum absolute atomic E-state index is 14.3. The Hall–Kier alpha value is -2.14. The molecule has 7 nitrogen and oxygen atoms in total. The summed E-state index contributed by atoms with van der Waals surface area (Å²) in [6.45, 7) is 0.779. The van der Waals surface area contributed by atoms with E-state index in [9.17, 15) is 13.6 Å². The van der Waals surface area contributed by atoms with E-state index in [1.807, 2.05) is 5.48 Å². The summed E-state index contributed by atoms with van der Waals surface area (Å²) in [6.07, 6.45) is 0.276. The van der Waals surface area contributed by atoms with Gasteiger partial charge in [0.15, 0.2) is 11.6 Å². The number of carbonyl (C=O) groups excluding carboxylic acids is 1. The number of anilines is 2. The van der Waals surface area contributed by atoms with Crippen LogP contribution in [0, 0.1) is 18.6 Å². The number of hydrogen-bond donors (Lipinski definition) is 4. The smallest absolute Gasteiger partial charge is 0.277 e. The van der Waals surface area contributed by atoms with E-state index in [4.69, 9.17) is 15.1 Å². The molecule has 1 amide bonds. The van der Waals surface area contributed by atoms with Crippen LogP contribution in [0.4, 0.5) is 20.3 Å². The van der Waals surface area contributed by atoms with E-state index in [0.717, 1.165) is 12.1 Å². The van der Waals surface area contributed by atoms with Crippen LogP contribution in [-0.4, -0.2) is 40.4 Å². The van der Waals surface area contributed by atoms with Gasteiger partial charge in [-0.05, 0) is 46.6 Å². The zero-order chi connectivity index (χ0) is 19.3. The molecule has 0 fully saturated rings. The lowest BCUT2D eigenvalue weighted by Crippen LogP contribution is -2.30. The summed E-state index contributed by atoms with van der Waals surface area (Å²) >= 11 is 3.25. The average molecular weight is 432 g/mol. The average Bonchev–Trinajstić information content (AvgIpc) is 2.60. The number of benzene rings is 1. The monoisotopic (exact) mass is 431 g/mol. The van der Waals surface area contributed by atoms with E-state index in [-0.39, 0.29) is 18.0 Å². The summed E-state index contributed by atoms with van der Waals surface area (Å²) in [5, 5.41) is 20.5. The maximum Gasteiger partial charge on any atom is 0.277 e. The SMILES string of the molecule is Cc1cc(Br)cnc1Nc1c(C(=O)NOCC(O)CO)ccc(F)c1F. The fourth-order valence-corrected chi connectivity index (χ4v) is 2.41. The molecule has 0 aliphatic carbocycles. The number of nitrogens with one attached hydrogen (secondary N) is 2. The highest BCUT2D eigenvalue weighted by Gasteiger charge is 2.20. The van der Waals surface area contributed by atoms with Gasteiger partial charge in [-0.15, -0.1) is 0 Å². The molecule has 1 atom stereocenters. The summed E-state index contributed by atoms with van der Waals surface area (Å²) in [6, 6.07) is 3.60. The van der Waals surface area contributed by atoms with Gasteiger partial charge >= 0.3 is 0 Å². The molecule has 1 aromatic carbocycles. The second-order valence-electron chi connectivity index (χ2n) is 5.31. The van der Waals surface area contributed by atoms with Crippen LogP contribution in [0.15, 0.2) is 28.9 Å². The number of carbonyl (C=O) groups is 1. The lowest BCUT2D eigenvalue weighted by atomic mass is 10.1. The number of hydrogen-bond acceptors (Lipinski definition) is 6. The lowest BCUT2D eigenvalue weighted by Gasteiger charge is -2.15. The van der Waals surface area contributed by atoms with Gasteiger partial charge in [0.05, 0.1) is 17.9 Å². The van der Waals surface area contributed by atoms with Crippen molar-refractivity contribution in [2.24, 2.45) is 0 Å². The minimum absolute atomic E-state index is 0.230. The third-order valence-electron chi connectivity index (χ3n) is 3.28. The number of aliphatic hydroxyl groups excluding tert-OH is 2. The first-order valence-electron chi connectivity index (χ1n) is 7.41. The molecular weight excluding hydrogens is 416 g/mol. The third-order valence-corrected chi connectivity index (χ3v) is 3.71. The number of aromatic nitrogens is 1. The Labute approximate surface area is 156 Å². The lowest BCUT2D eigenvalue weighted by molar-refractivity contribution is -0.0295. The van der Waals surface area contributed by atoms with Crippen molar-refractivity contribution in [1.82, 2.24) is 10.5 Å². The fraction of sp³-hybridized carbons (Fsp3) is 0.250. The van der Waals surface area contributed by atoms with E-state index in [0.29, 0.717) is 10.0 Å². The minimum atomic E-state index is -1.25. The van der Waals surface area contributed by atoms with Crippen LogP contribution >= 0.6 is 15.9 Å². The molecule has 0 saturated carbocycles. The highest BCUT2D eigenvalue weighted by atomic mass is 79.9. The van der Waals surface area contributed by atoms with Crippen LogP contribution in [0.25, 0.3) is 0 Å². The topological polar surface area (TPSA) is 104 Å². The van der Waals surface area contributed by atoms with Crippen molar-refractivity contribution in [2.45, 2.75) is 13.0 Å². The number of nitrogens with zero attached hydrogens (tertiary/aromatic N) is 1. The van der Waals surface area contributed by atoms with Gasteiger partial charge in [-0.1, -0.05) is 0 Å². The number of aliphatic hydroxyl groups is 2. The number of aryl methyl sites for hydroxylation is 1. The largest absolute Gasteiger partial charge is 0.394 e. The van der Waals surface area contributed by atoms with Crippen molar-refractivity contribution < 1.29 is 28.6 Å². The molecular formula is C16H16BrF2N3O4. The number of amides is 1. The Morgan fingerprint density at radius 1 is 1.42 bits per heavy atom. The van der Waals surface area contributed by atoms with Gasteiger partial charge in [0.2, 0.25) is 0 Å². The zero-order valence-electron chi connectivity index (χ0n) is 13.6. The summed E-state index contributed by atoms with van der Waals surface area (Å²) in [7, 11) is 0. The predicted octanol–water partition coefficient (Wildman–Crippen LogP) is 2.19. The van der Waals surface area contributed by atoms with E-state index in [1.165, 1.54) is 6.20 Å². The molecule has 0 saturated heterocycles. The van der Waals surface area contributed by atoms with Gasteiger partial charge in [-0.25, -0.2) is 19.2 Å². The molecule has 26 heavy (non-hydrogen) atoms. The molecule has 4 N–H and O–H groups in total. The van der Waals surface area contributed by atoms with Crippen LogP contribution in [-0.2, 0) is 4.84 Å². The molecule has 0 bridgehead atoms. The van der Waals surface area contributed by atoms with Gasteiger partial charge in [0, 0.05) is 10.7 Å². The van der Waals surface area contributed by atoms with E-state index >= 15 is 0 Å². The van der Waals surface area contributed by atoms with Crippen LogP contribution in [0.3, 0.4) is 0 Å². The van der Waals surface area contributed by atoms with Crippen LogP contribution < -0.4 is 10.8 Å². The van der Waals surface area contributed by atoms with Crippen LogP contribution in [0.2, 0.25) is 0 Å². The van der Waals surface area contributed by atoms with Crippen molar-refractivity contribution in [3.05, 3.63) is 51.6 Å². The summed E-state index contributed by atoms with van der Waals surface area (Å²) < 4.78 is 28.6. The molecule has 1 heterocycles. The quantitative estimate of drug-likeness (QED) is 0.501. The summed E-state index contributed by atoms with van der Waals surface area (Å²) in [5.74, 6) is -3.03. The number of halogens is 3. The normalized spacial score (nSPS) is 11.9. The third kappa shape index (κ3) is 4.94. The number of pyridine rings is 1. The Morgan fingerprint density at radius 2 is 2.15 bits per heavy atom. The predicted molar refractivity (Wildman–Crippen MR) is 92.8 cm³/mol. The van der Waals surface area contributed by atoms with Gasteiger partial charge in [-0.2, -0.15) is 0 Å². The second-order valence-corrected chi connectivity index (χ2v) is 6.22. The van der Waals surface area contributed by atoms with Crippen molar-refractivity contribution in [1.29, 1.82) is 0 Å².